The summed E-state index contributed by atoms with van der Waals surface area (Å²) in [5.74, 6) is -3.02. The number of fused-ring (bicyclic) bond motifs is 1. The minimum Gasteiger partial charge on any atom is -0.489 e. The highest BCUT2D eigenvalue weighted by atomic mass is 32.2. The van der Waals surface area contributed by atoms with E-state index in [4.69, 9.17) is 4.74 Å². The van der Waals surface area contributed by atoms with Crippen molar-refractivity contribution in [2.45, 2.75) is 35.5 Å². The fourth-order valence-corrected chi connectivity index (χ4v) is 8.18. The van der Waals surface area contributed by atoms with Crippen LogP contribution in [0.3, 0.4) is 0 Å². The fraction of sp³-hybridized carbons (Fsp3) is 0.125. The number of ether oxygens (including phenoxy) is 1. The van der Waals surface area contributed by atoms with E-state index in [0.717, 1.165) is 24.3 Å². The summed E-state index contributed by atoms with van der Waals surface area (Å²) in [6, 6.07) is 11.8. The zero-order valence-electron chi connectivity index (χ0n) is 26.2. The first-order valence-corrected chi connectivity index (χ1v) is 18.6. The van der Waals surface area contributed by atoms with Gasteiger partial charge in [0.2, 0.25) is 0 Å². The molecule has 0 atom stereocenters. The van der Waals surface area contributed by atoms with Crippen molar-refractivity contribution < 1.29 is 58.9 Å². The molecule has 0 fully saturated rings. The molecule has 0 unspecified atom stereocenters. The van der Waals surface area contributed by atoms with Crippen molar-refractivity contribution >= 4 is 64.8 Å². The van der Waals surface area contributed by atoms with Crippen molar-refractivity contribution in [3.05, 3.63) is 106 Å². The highest BCUT2D eigenvalue weighted by Crippen LogP contribution is 2.43. The Morgan fingerprint density at radius 2 is 1.30 bits per heavy atom. The molecule has 15 nitrogen and oxygen atoms in total. The number of rotatable bonds is 10. The number of hydrogen-bond acceptors (Lipinski definition) is 10. The van der Waals surface area contributed by atoms with Crippen LogP contribution in [0.25, 0.3) is 5.57 Å². The minimum atomic E-state index is -4.98. The van der Waals surface area contributed by atoms with E-state index >= 15 is 0 Å². The molecule has 50 heavy (non-hydrogen) atoms. The Labute approximate surface area is 286 Å². The third-order valence-corrected chi connectivity index (χ3v) is 10.9. The third kappa shape index (κ3) is 7.05. The number of nitrogens with one attached hydrogen (secondary N) is 2. The summed E-state index contributed by atoms with van der Waals surface area (Å²) in [7, 11) is -14.3. The molecule has 1 aliphatic heterocycles. The summed E-state index contributed by atoms with van der Waals surface area (Å²) in [5, 5.41) is 21.8. The predicted octanol–water partition coefficient (Wildman–Crippen LogP) is 4.87. The number of aromatic carboxylic acids is 2. The highest BCUT2D eigenvalue weighted by molar-refractivity contribution is 7.92. The van der Waals surface area contributed by atoms with Crippen LogP contribution in [0.2, 0.25) is 0 Å². The van der Waals surface area contributed by atoms with Crippen LogP contribution in [0.15, 0.2) is 81.4 Å². The van der Waals surface area contributed by atoms with Crippen LogP contribution < -0.4 is 14.8 Å². The van der Waals surface area contributed by atoms with E-state index in [2.05, 4.69) is 10.0 Å². The van der Waals surface area contributed by atoms with E-state index < -0.39 is 68.0 Å². The lowest BCUT2D eigenvalue weighted by molar-refractivity contribution is 0.0696. The first kappa shape index (κ1) is 36.0. The lowest BCUT2D eigenvalue weighted by atomic mass is 9.95. The average Bonchev–Trinajstić information content (AvgIpc) is 3.03. The second-order valence-electron chi connectivity index (χ2n) is 11.2. The maximum atomic E-state index is 13.5. The van der Waals surface area contributed by atoms with Crippen LogP contribution in [0.1, 0.15) is 48.5 Å². The topological polar surface area (TPSA) is 251 Å². The average molecular weight is 745 g/mol. The smallest absolute Gasteiger partial charge is 0.335 e. The number of hydrogen-bond donors (Lipinski definition) is 6. The molecule has 0 spiro atoms. The van der Waals surface area contributed by atoms with Crippen LogP contribution in [0.4, 0.5) is 17.1 Å². The molecule has 6 N–H and O–H groups in total. The summed E-state index contributed by atoms with van der Waals surface area (Å²) in [6.07, 6.45) is 1.48. The lowest BCUT2D eigenvalue weighted by Crippen LogP contribution is -2.17. The van der Waals surface area contributed by atoms with Crippen molar-refractivity contribution in [3.63, 3.8) is 0 Å². The van der Waals surface area contributed by atoms with E-state index in [1.165, 1.54) is 43.3 Å². The van der Waals surface area contributed by atoms with Gasteiger partial charge in [-0.3, -0.25) is 13.8 Å². The number of anilines is 3. The Hall–Kier alpha value is -5.27. The molecule has 1 aliphatic rings. The summed E-state index contributed by atoms with van der Waals surface area (Å²) >= 11 is 0. The van der Waals surface area contributed by atoms with Gasteiger partial charge in [0.1, 0.15) is 22.1 Å². The number of carboxylic acids is 2. The molecule has 4 aromatic carbocycles. The molecular formula is C32H28N2O13S3. The molecule has 4 aromatic rings. The van der Waals surface area contributed by atoms with Gasteiger partial charge in [-0.2, -0.15) is 16.8 Å². The van der Waals surface area contributed by atoms with Gasteiger partial charge in [-0.05, 0) is 79.4 Å². The Morgan fingerprint density at radius 3 is 1.88 bits per heavy atom. The van der Waals surface area contributed by atoms with E-state index in [1.54, 1.807) is 19.9 Å². The molecule has 5 rings (SSSR count). The van der Waals surface area contributed by atoms with E-state index in [1.807, 2.05) is 0 Å². The van der Waals surface area contributed by atoms with Crippen molar-refractivity contribution in [1.29, 1.82) is 0 Å². The molecule has 0 radical (unpaired) electrons. The van der Waals surface area contributed by atoms with Crippen LogP contribution >= 0.6 is 0 Å². The monoisotopic (exact) mass is 744 g/mol. The van der Waals surface area contributed by atoms with Crippen molar-refractivity contribution in [2.75, 3.05) is 16.6 Å². The molecule has 262 valence electrons. The molecule has 0 saturated heterocycles. The molecule has 0 aliphatic carbocycles. The number of carbonyl (C=O) groups is 2. The molecule has 0 amide bonds. The lowest BCUT2D eigenvalue weighted by Gasteiger charge is -2.24. The van der Waals surface area contributed by atoms with Crippen molar-refractivity contribution in [3.8, 4) is 5.75 Å². The first-order valence-electron chi connectivity index (χ1n) is 14.3. The maximum Gasteiger partial charge on any atom is 0.335 e. The van der Waals surface area contributed by atoms with Crippen LogP contribution in [0.5, 0.6) is 5.75 Å². The zero-order valence-corrected chi connectivity index (χ0v) is 28.7. The molecule has 1 heterocycles. The van der Waals surface area contributed by atoms with Gasteiger partial charge in [-0.25, -0.2) is 18.0 Å². The molecule has 0 bridgehead atoms. The first-order chi connectivity index (χ1) is 23.2. The van der Waals surface area contributed by atoms with E-state index in [9.17, 15) is 54.2 Å². The Balaban J connectivity index is 1.62. The Bertz CT molecular complexity index is 2460. The van der Waals surface area contributed by atoms with E-state index in [0.29, 0.717) is 11.1 Å². The zero-order chi connectivity index (χ0) is 36.9. The molecule has 18 heteroatoms. The third-order valence-electron chi connectivity index (χ3n) is 7.81. The van der Waals surface area contributed by atoms with Crippen LogP contribution in [-0.4, -0.2) is 63.1 Å². The van der Waals surface area contributed by atoms with Gasteiger partial charge in [0, 0.05) is 22.9 Å². The predicted molar refractivity (Wildman–Crippen MR) is 180 cm³/mol. The SMILES string of the molecule is Cc1cc(C)c(NS(=O)(=O)c2cc(C(=O)O)cc(C(=O)O)c2)c(C)c1Nc1cc2c(cc1S(=O)(=O)O)C(c1ccccc1S(=O)(=O)O)=CCO2. The van der Waals surface area contributed by atoms with Gasteiger partial charge in [0.05, 0.1) is 27.4 Å². The number of aryl methyl sites for hydroxylation is 2. The van der Waals surface area contributed by atoms with Crippen LogP contribution in [-0.2, 0) is 30.3 Å². The van der Waals surface area contributed by atoms with E-state index in [-0.39, 0.29) is 51.7 Å². The summed E-state index contributed by atoms with van der Waals surface area (Å²) in [6.45, 7) is 4.65. The second kappa shape index (κ2) is 12.9. The molecule has 0 aromatic heterocycles. The standard InChI is InChI=1S/C32H28N2O13S3/c1-16-10-17(2)30(34-48(39,40)21-12-19(31(35)36)11-20(13-21)32(37)38)18(3)29(16)33-25-15-26-24(14-28(25)50(44,45)46)22(8-9-47-26)23-6-4-5-7-27(23)49(41,42)43/h4-8,10-15,33-34H,9H2,1-3H3,(H,35,36)(H,37,38)(H,41,42,43)(H,44,45,46). The molecular weight excluding hydrogens is 717 g/mol. The van der Waals surface area contributed by atoms with Gasteiger partial charge in [0.25, 0.3) is 30.3 Å². The normalized spacial score (nSPS) is 13.1. The Morgan fingerprint density at radius 1 is 0.720 bits per heavy atom. The summed E-state index contributed by atoms with van der Waals surface area (Å²) in [5.41, 5.74) is 0.346. The number of benzene rings is 4. The second-order valence-corrected chi connectivity index (χ2v) is 15.7. The van der Waals surface area contributed by atoms with Crippen LogP contribution in [0, 0.1) is 20.8 Å². The van der Waals surface area contributed by atoms with Gasteiger partial charge in [-0.1, -0.05) is 24.3 Å². The fourth-order valence-electron chi connectivity index (χ4n) is 5.56. The summed E-state index contributed by atoms with van der Waals surface area (Å²) < 4.78 is 105. The maximum absolute atomic E-state index is 13.5. The molecule has 0 saturated carbocycles. The van der Waals surface area contributed by atoms with Gasteiger partial charge in [0.15, 0.2) is 0 Å². The van der Waals surface area contributed by atoms with Gasteiger partial charge >= 0.3 is 11.9 Å². The quantitative estimate of drug-likeness (QED) is 0.119. The minimum absolute atomic E-state index is 0.00496. The van der Waals surface area contributed by atoms with Crippen molar-refractivity contribution in [1.82, 2.24) is 0 Å². The highest BCUT2D eigenvalue weighted by Gasteiger charge is 2.28. The number of sulfonamides is 1. The largest absolute Gasteiger partial charge is 0.489 e. The number of carboxylic acid groups (broad SMARTS) is 2. The van der Waals surface area contributed by atoms with Gasteiger partial charge in [-0.15, -0.1) is 0 Å². The van der Waals surface area contributed by atoms with Crippen molar-refractivity contribution in [2.24, 2.45) is 0 Å². The summed E-state index contributed by atoms with van der Waals surface area (Å²) in [4.78, 5) is 21.4. The Kier molecular flexibility index (Phi) is 9.28. The van der Waals surface area contributed by atoms with Gasteiger partial charge < -0.3 is 20.3 Å².